The van der Waals surface area contributed by atoms with Crippen LogP contribution in [0.25, 0.3) is 10.8 Å². The molecule has 3 aromatic rings. The van der Waals surface area contributed by atoms with Crippen LogP contribution in [0.5, 0.6) is 0 Å². The third-order valence-electron chi connectivity index (χ3n) is 3.96. The van der Waals surface area contributed by atoms with Gasteiger partial charge in [-0.3, -0.25) is 0 Å². The van der Waals surface area contributed by atoms with E-state index >= 15 is 0 Å². The van der Waals surface area contributed by atoms with Crippen LogP contribution in [0.2, 0.25) is 4.34 Å². The van der Waals surface area contributed by atoms with Crippen LogP contribution < -0.4 is 10.6 Å². The molecular weight excluding hydrogens is 356 g/mol. The quantitative estimate of drug-likeness (QED) is 0.654. The number of benzene rings is 2. The highest BCUT2D eigenvalue weighted by molar-refractivity contribution is 7.16. The van der Waals surface area contributed by atoms with Gasteiger partial charge in [0, 0.05) is 18.5 Å². The van der Waals surface area contributed by atoms with E-state index in [0.717, 1.165) is 21.2 Å². The van der Waals surface area contributed by atoms with Crippen LogP contribution in [0.3, 0.4) is 0 Å². The molecule has 0 saturated heterocycles. The molecule has 1 heterocycles. The van der Waals surface area contributed by atoms with Crippen LogP contribution in [0.1, 0.15) is 16.5 Å². The van der Waals surface area contributed by atoms with Crippen molar-refractivity contribution in [2.45, 2.75) is 12.6 Å². The van der Waals surface area contributed by atoms with Gasteiger partial charge < -0.3 is 15.4 Å². The van der Waals surface area contributed by atoms with E-state index in [1.54, 1.807) is 7.11 Å². The monoisotopic (exact) mass is 374 g/mol. The molecule has 0 aliphatic carbocycles. The number of ether oxygens (including phenoxy) is 1. The van der Waals surface area contributed by atoms with Gasteiger partial charge in [0.2, 0.25) is 0 Å². The van der Waals surface area contributed by atoms with Crippen molar-refractivity contribution in [1.29, 1.82) is 0 Å². The molecule has 0 saturated carbocycles. The van der Waals surface area contributed by atoms with E-state index in [0.29, 0.717) is 17.4 Å². The summed E-state index contributed by atoms with van der Waals surface area (Å²) in [6.45, 7) is 0.852. The lowest BCUT2D eigenvalue weighted by Gasteiger charge is -2.15. The molecule has 0 radical (unpaired) electrons. The van der Waals surface area contributed by atoms with Gasteiger partial charge in [-0.25, -0.2) is 4.79 Å². The zero-order valence-corrected chi connectivity index (χ0v) is 15.4. The third-order valence-corrected chi connectivity index (χ3v) is 5.29. The summed E-state index contributed by atoms with van der Waals surface area (Å²) in [5, 5.41) is 8.06. The highest BCUT2D eigenvalue weighted by Gasteiger charge is 2.14. The van der Waals surface area contributed by atoms with Gasteiger partial charge >= 0.3 is 6.03 Å². The maximum absolute atomic E-state index is 12.1. The Hall–Kier alpha value is -2.08. The van der Waals surface area contributed by atoms with Crippen molar-refractivity contribution in [3.05, 3.63) is 69.4 Å². The Labute approximate surface area is 155 Å². The molecular formula is C19H19ClN2O2S. The van der Waals surface area contributed by atoms with Crippen molar-refractivity contribution < 1.29 is 9.53 Å². The molecule has 0 fully saturated rings. The van der Waals surface area contributed by atoms with E-state index in [2.05, 4.69) is 28.8 Å². The fraction of sp³-hybridized carbons (Fsp3) is 0.211. The van der Waals surface area contributed by atoms with E-state index in [4.69, 9.17) is 16.3 Å². The normalized spacial score (nSPS) is 12.1. The zero-order valence-electron chi connectivity index (χ0n) is 13.8. The molecule has 0 aliphatic rings. The fourth-order valence-corrected chi connectivity index (χ4v) is 3.81. The predicted molar refractivity (Wildman–Crippen MR) is 103 cm³/mol. The maximum Gasteiger partial charge on any atom is 0.315 e. The van der Waals surface area contributed by atoms with Gasteiger partial charge in [0.25, 0.3) is 0 Å². The van der Waals surface area contributed by atoms with Crippen LogP contribution in [0.15, 0.2) is 54.6 Å². The van der Waals surface area contributed by atoms with E-state index in [-0.39, 0.29) is 12.1 Å². The highest BCUT2D eigenvalue weighted by atomic mass is 35.5. The second kappa shape index (κ2) is 8.34. The molecule has 6 heteroatoms. The number of carbonyl (C=O) groups is 1. The SMILES string of the molecule is CO[C@@H](CNC(=O)NCc1cccc2ccccc12)c1ccc(Cl)s1. The van der Waals surface area contributed by atoms with E-state index in [9.17, 15) is 4.79 Å². The lowest BCUT2D eigenvalue weighted by molar-refractivity contribution is 0.107. The Balaban J connectivity index is 1.55. The van der Waals surface area contributed by atoms with Crippen molar-refractivity contribution in [2.75, 3.05) is 13.7 Å². The number of carbonyl (C=O) groups excluding carboxylic acids is 1. The number of hydrogen-bond donors (Lipinski definition) is 2. The maximum atomic E-state index is 12.1. The number of nitrogens with one attached hydrogen (secondary N) is 2. The molecule has 0 spiro atoms. The predicted octanol–water partition coefficient (Wildman–Crippen LogP) is 4.74. The summed E-state index contributed by atoms with van der Waals surface area (Å²) in [4.78, 5) is 13.1. The number of halogens is 1. The lowest BCUT2D eigenvalue weighted by atomic mass is 10.0. The van der Waals surface area contributed by atoms with Crippen molar-refractivity contribution in [3.63, 3.8) is 0 Å². The van der Waals surface area contributed by atoms with Gasteiger partial charge in [0.1, 0.15) is 6.10 Å². The first-order valence-electron chi connectivity index (χ1n) is 7.93. The number of fused-ring (bicyclic) bond motifs is 1. The summed E-state index contributed by atoms with van der Waals surface area (Å²) in [5.41, 5.74) is 1.08. The summed E-state index contributed by atoms with van der Waals surface area (Å²) in [6.07, 6.45) is -0.208. The van der Waals surface area contributed by atoms with Crippen LogP contribution in [0.4, 0.5) is 4.79 Å². The van der Waals surface area contributed by atoms with Gasteiger partial charge in [0.05, 0.1) is 10.9 Å². The van der Waals surface area contributed by atoms with Crippen molar-refractivity contribution in [1.82, 2.24) is 10.6 Å². The Morgan fingerprint density at radius 1 is 1.12 bits per heavy atom. The minimum Gasteiger partial charge on any atom is -0.374 e. The van der Waals surface area contributed by atoms with Crippen LogP contribution in [0, 0.1) is 0 Å². The van der Waals surface area contributed by atoms with Gasteiger partial charge in [-0.05, 0) is 28.5 Å². The lowest BCUT2D eigenvalue weighted by Crippen LogP contribution is -2.37. The molecule has 0 unspecified atom stereocenters. The fourth-order valence-electron chi connectivity index (χ4n) is 2.67. The first-order chi connectivity index (χ1) is 12.2. The Bertz CT molecular complexity index is 860. The number of thiophene rings is 1. The molecule has 25 heavy (non-hydrogen) atoms. The second-order valence-electron chi connectivity index (χ2n) is 5.57. The Morgan fingerprint density at radius 2 is 1.92 bits per heavy atom. The summed E-state index contributed by atoms with van der Waals surface area (Å²) in [7, 11) is 1.62. The molecule has 130 valence electrons. The number of amides is 2. The zero-order chi connectivity index (χ0) is 17.6. The topological polar surface area (TPSA) is 50.4 Å². The number of urea groups is 1. The number of methoxy groups -OCH3 is 1. The standard InChI is InChI=1S/C19H19ClN2O2S/c1-24-16(17-9-10-18(20)25-17)12-22-19(23)21-11-14-7-4-6-13-5-2-3-8-15(13)14/h2-10,16H,11-12H2,1H3,(H2,21,22,23)/t16-/m0/s1. The highest BCUT2D eigenvalue weighted by Crippen LogP contribution is 2.28. The number of hydrogen-bond acceptors (Lipinski definition) is 3. The molecule has 3 rings (SSSR count). The second-order valence-corrected chi connectivity index (χ2v) is 7.31. The van der Waals surface area contributed by atoms with Crippen molar-refractivity contribution in [2.24, 2.45) is 0 Å². The van der Waals surface area contributed by atoms with Crippen LogP contribution in [-0.2, 0) is 11.3 Å². The van der Waals surface area contributed by atoms with Gasteiger partial charge in [-0.2, -0.15) is 0 Å². The van der Waals surface area contributed by atoms with Crippen molar-refractivity contribution >= 4 is 39.7 Å². The minimum absolute atomic E-state index is 0.208. The van der Waals surface area contributed by atoms with Gasteiger partial charge in [-0.1, -0.05) is 54.1 Å². The molecule has 1 aromatic heterocycles. The van der Waals surface area contributed by atoms with Crippen LogP contribution >= 0.6 is 22.9 Å². The molecule has 2 amide bonds. The Kier molecular flexibility index (Phi) is 5.91. The van der Waals surface area contributed by atoms with Crippen molar-refractivity contribution in [3.8, 4) is 0 Å². The minimum atomic E-state index is -0.224. The smallest absolute Gasteiger partial charge is 0.315 e. The first-order valence-corrected chi connectivity index (χ1v) is 9.13. The van der Waals surface area contributed by atoms with Crippen LogP contribution in [-0.4, -0.2) is 19.7 Å². The van der Waals surface area contributed by atoms with Gasteiger partial charge in [-0.15, -0.1) is 11.3 Å². The first kappa shape index (κ1) is 17.7. The number of rotatable bonds is 6. The molecule has 2 aromatic carbocycles. The average Bonchev–Trinajstić information content (AvgIpc) is 3.06. The molecule has 4 nitrogen and oxygen atoms in total. The largest absolute Gasteiger partial charge is 0.374 e. The van der Waals surface area contributed by atoms with E-state index in [1.807, 2.05) is 36.4 Å². The summed E-state index contributed by atoms with van der Waals surface area (Å²) < 4.78 is 6.14. The van der Waals surface area contributed by atoms with E-state index < -0.39 is 0 Å². The molecule has 2 N–H and O–H groups in total. The van der Waals surface area contributed by atoms with Gasteiger partial charge in [0.15, 0.2) is 0 Å². The third kappa shape index (κ3) is 4.51. The molecule has 1 atom stereocenters. The summed E-state index contributed by atoms with van der Waals surface area (Å²) in [6, 6.07) is 17.7. The van der Waals surface area contributed by atoms with E-state index in [1.165, 1.54) is 11.3 Å². The summed E-state index contributed by atoms with van der Waals surface area (Å²) >= 11 is 7.41. The average molecular weight is 375 g/mol. The molecule has 0 aliphatic heterocycles. The molecule has 0 bridgehead atoms. The Morgan fingerprint density at radius 3 is 2.68 bits per heavy atom. The summed E-state index contributed by atoms with van der Waals surface area (Å²) in [5.74, 6) is 0.